The fraction of sp³-hybridized carbons (Fsp3) is 0.500. The van der Waals surface area contributed by atoms with Crippen molar-refractivity contribution < 1.29 is 9.15 Å². The molecule has 1 aromatic carbocycles. The normalized spacial score (nSPS) is 19.3. The number of hydrogen-bond acceptors (Lipinski definition) is 3. The molecule has 3 rings (SSSR count). The van der Waals surface area contributed by atoms with E-state index in [4.69, 9.17) is 9.15 Å². The first-order chi connectivity index (χ1) is 9.31. The molecule has 19 heavy (non-hydrogen) atoms. The van der Waals surface area contributed by atoms with E-state index >= 15 is 0 Å². The third kappa shape index (κ3) is 1.88. The molecule has 0 spiro atoms. The number of rotatable bonds is 5. The molecule has 0 radical (unpaired) electrons. The molecule has 0 saturated carbocycles. The number of hydrogen-bond donors (Lipinski definition) is 1. The summed E-state index contributed by atoms with van der Waals surface area (Å²) in [5.41, 5.74) is 2.41. The Morgan fingerprint density at radius 3 is 2.74 bits per heavy atom. The average Bonchev–Trinajstić information content (AvgIpc) is 2.81. The van der Waals surface area contributed by atoms with Gasteiger partial charge in [-0.05, 0) is 25.6 Å². The molecular weight excluding hydrogens is 238 g/mol. The van der Waals surface area contributed by atoms with Crippen LogP contribution in [-0.4, -0.2) is 26.8 Å². The van der Waals surface area contributed by atoms with Crippen LogP contribution in [0.25, 0.3) is 11.0 Å². The molecule has 1 aliphatic heterocycles. The Morgan fingerprint density at radius 2 is 2.11 bits per heavy atom. The van der Waals surface area contributed by atoms with Crippen molar-refractivity contribution in [1.29, 1.82) is 0 Å². The van der Waals surface area contributed by atoms with E-state index in [0.29, 0.717) is 5.92 Å². The lowest BCUT2D eigenvalue weighted by molar-refractivity contribution is -0.0905. The Morgan fingerprint density at radius 1 is 1.32 bits per heavy atom. The third-order valence-electron chi connectivity index (χ3n) is 4.46. The lowest BCUT2D eigenvalue weighted by atomic mass is 9.67. The fourth-order valence-corrected chi connectivity index (χ4v) is 3.27. The zero-order chi connectivity index (χ0) is 13.3. The maximum absolute atomic E-state index is 5.73. The Kier molecular flexibility index (Phi) is 3.33. The molecule has 2 aromatic rings. The van der Waals surface area contributed by atoms with Gasteiger partial charge < -0.3 is 14.5 Å². The summed E-state index contributed by atoms with van der Waals surface area (Å²) in [5.74, 6) is 0.576. The van der Waals surface area contributed by atoms with E-state index in [0.717, 1.165) is 31.8 Å². The topological polar surface area (TPSA) is 34.4 Å². The monoisotopic (exact) mass is 259 g/mol. The van der Waals surface area contributed by atoms with E-state index in [1.807, 2.05) is 25.4 Å². The van der Waals surface area contributed by atoms with Gasteiger partial charge in [-0.25, -0.2) is 0 Å². The van der Waals surface area contributed by atoms with Crippen molar-refractivity contribution >= 4 is 11.0 Å². The SMILES string of the molecule is CCC(CNC)C1(c2coc3ccccc23)COC1. The van der Waals surface area contributed by atoms with Crippen LogP contribution >= 0.6 is 0 Å². The van der Waals surface area contributed by atoms with Crippen LogP contribution in [0.2, 0.25) is 0 Å². The highest BCUT2D eigenvalue weighted by atomic mass is 16.5. The summed E-state index contributed by atoms with van der Waals surface area (Å²) < 4.78 is 11.3. The van der Waals surface area contributed by atoms with Crippen LogP contribution in [0.5, 0.6) is 0 Å². The molecule has 2 heterocycles. The highest BCUT2D eigenvalue weighted by Gasteiger charge is 2.47. The van der Waals surface area contributed by atoms with Crippen molar-refractivity contribution in [3.05, 3.63) is 36.1 Å². The maximum atomic E-state index is 5.73. The highest BCUT2D eigenvalue weighted by molar-refractivity contribution is 5.82. The highest BCUT2D eigenvalue weighted by Crippen LogP contribution is 2.44. The van der Waals surface area contributed by atoms with Crippen LogP contribution in [-0.2, 0) is 10.2 Å². The van der Waals surface area contributed by atoms with Gasteiger partial charge in [0.25, 0.3) is 0 Å². The molecule has 0 bridgehead atoms. The predicted molar refractivity (Wildman–Crippen MR) is 76.4 cm³/mol. The van der Waals surface area contributed by atoms with Crippen molar-refractivity contribution in [1.82, 2.24) is 5.32 Å². The summed E-state index contributed by atoms with van der Waals surface area (Å²) >= 11 is 0. The second-order valence-corrected chi connectivity index (χ2v) is 5.46. The second kappa shape index (κ2) is 4.99. The average molecular weight is 259 g/mol. The second-order valence-electron chi connectivity index (χ2n) is 5.46. The molecule has 1 saturated heterocycles. The minimum atomic E-state index is 0.115. The number of furan rings is 1. The minimum Gasteiger partial charge on any atom is -0.464 e. The van der Waals surface area contributed by atoms with Gasteiger partial charge in [0.15, 0.2) is 0 Å². The van der Waals surface area contributed by atoms with Crippen molar-refractivity contribution in [3.8, 4) is 0 Å². The molecule has 1 atom stereocenters. The summed E-state index contributed by atoms with van der Waals surface area (Å²) in [6, 6.07) is 8.28. The van der Waals surface area contributed by atoms with Gasteiger partial charge in [0.2, 0.25) is 0 Å². The summed E-state index contributed by atoms with van der Waals surface area (Å²) in [4.78, 5) is 0. The number of fused-ring (bicyclic) bond motifs is 1. The largest absolute Gasteiger partial charge is 0.464 e. The standard InChI is InChI=1S/C16H21NO2/c1-3-12(8-17-2)16(10-18-11-16)14-9-19-15-7-5-4-6-13(14)15/h4-7,9,12,17H,3,8,10-11H2,1-2H3. The first-order valence-electron chi connectivity index (χ1n) is 7.01. The molecule has 3 nitrogen and oxygen atoms in total. The first kappa shape index (κ1) is 12.7. The first-order valence-corrected chi connectivity index (χ1v) is 7.01. The van der Waals surface area contributed by atoms with Crippen molar-refractivity contribution in [2.75, 3.05) is 26.8 Å². The zero-order valence-electron chi connectivity index (χ0n) is 11.6. The number of nitrogens with one attached hydrogen (secondary N) is 1. The van der Waals surface area contributed by atoms with Crippen molar-refractivity contribution in [2.24, 2.45) is 5.92 Å². The van der Waals surface area contributed by atoms with Crippen molar-refractivity contribution in [3.63, 3.8) is 0 Å². The quantitative estimate of drug-likeness (QED) is 0.896. The van der Waals surface area contributed by atoms with Gasteiger partial charge >= 0.3 is 0 Å². The zero-order valence-corrected chi connectivity index (χ0v) is 11.6. The molecule has 1 fully saturated rings. The molecule has 1 N–H and O–H groups in total. The van der Waals surface area contributed by atoms with Crippen LogP contribution < -0.4 is 5.32 Å². The molecule has 1 aliphatic rings. The fourth-order valence-electron chi connectivity index (χ4n) is 3.27. The number of ether oxygens (including phenoxy) is 1. The van der Waals surface area contributed by atoms with E-state index in [9.17, 15) is 0 Å². The van der Waals surface area contributed by atoms with Crippen molar-refractivity contribution in [2.45, 2.75) is 18.8 Å². The smallest absolute Gasteiger partial charge is 0.134 e. The summed E-state index contributed by atoms with van der Waals surface area (Å²) in [5, 5.41) is 4.55. The molecule has 0 aliphatic carbocycles. The van der Waals surface area contributed by atoms with Gasteiger partial charge in [-0.1, -0.05) is 31.5 Å². The van der Waals surface area contributed by atoms with E-state index < -0.39 is 0 Å². The Hall–Kier alpha value is -1.32. The molecule has 3 heteroatoms. The minimum absolute atomic E-state index is 0.115. The van der Waals surface area contributed by atoms with Crippen LogP contribution in [0.15, 0.2) is 34.9 Å². The van der Waals surface area contributed by atoms with Crippen LogP contribution in [0.4, 0.5) is 0 Å². The van der Waals surface area contributed by atoms with Gasteiger partial charge in [0, 0.05) is 16.4 Å². The number of para-hydroxylation sites is 1. The molecule has 1 unspecified atom stereocenters. The van der Waals surface area contributed by atoms with Gasteiger partial charge in [-0.15, -0.1) is 0 Å². The summed E-state index contributed by atoms with van der Waals surface area (Å²) in [6.07, 6.45) is 3.08. The Labute approximate surface area is 113 Å². The molecule has 0 amide bonds. The molecule has 1 aromatic heterocycles. The van der Waals surface area contributed by atoms with Crippen LogP contribution in [0, 0.1) is 5.92 Å². The van der Waals surface area contributed by atoms with E-state index in [1.165, 1.54) is 10.9 Å². The number of benzene rings is 1. The molecule has 102 valence electrons. The van der Waals surface area contributed by atoms with E-state index in [1.54, 1.807) is 0 Å². The van der Waals surface area contributed by atoms with Crippen LogP contribution in [0.3, 0.4) is 0 Å². The third-order valence-corrected chi connectivity index (χ3v) is 4.46. The van der Waals surface area contributed by atoms with Gasteiger partial charge in [-0.2, -0.15) is 0 Å². The van der Waals surface area contributed by atoms with Gasteiger partial charge in [0.05, 0.1) is 19.5 Å². The summed E-state index contributed by atoms with van der Waals surface area (Å²) in [6.45, 7) is 4.87. The van der Waals surface area contributed by atoms with E-state index in [2.05, 4.69) is 24.4 Å². The maximum Gasteiger partial charge on any atom is 0.134 e. The predicted octanol–water partition coefficient (Wildman–Crippen LogP) is 2.95. The molecular formula is C16H21NO2. The van der Waals surface area contributed by atoms with Crippen LogP contribution in [0.1, 0.15) is 18.9 Å². The lowest BCUT2D eigenvalue weighted by Gasteiger charge is -2.47. The summed E-state index contributed by atoms with van der Waals surface area (Å²) in [7, 11) is 2.02. The van der Waals surface area contributed by atoms with Gasteiger partial charge in [0.1, 0.15) is 5.58 Å². The van der Waals surface area contributed by atoms with E-state index in [-0.39, 0.29) is 5.41 Å². The lowest BCUT2D eigenvalue weighted by Crippen LogP contribution is -2.54. The van der Waals surface area contributed by atoms with Gasteiger partial charge in [-0.3, -0.25) is 0 Å². The Balaban J connectivity index is 2.06. The Bertz CT molecular complexity index is 557.